The lowest BCUT2D eigenvalue weighted by Gasteiger charge is -2.36. The molecule has 2 aliphatic rings. The second kappa shape index (κ2) is 4.19. The summed E-state index contributed by atoms with van der Waals surface area (Å²) in [5, 5.41) is 0. The Morgan fingerprint density at radius 1 is 1.47 bits per heavy atom. The van der Waals surface area contributed by atoms with Crippen LogP contribution in [0.15, 0.2) is 35.8 Å². The standard InChI is InChI=1S/C14H17N3O2/c1-3-6-17-13(15)16-8-14(17,2)10-4-5-11-12(7-10)19-9-18-11/h3-5,7H,1,6,8-9H2,2H3,(H2,15,16). The summed E-state index contributed by atoms with van der Waals surface area (Å²) in [4.78, 5) is 6.41. The zero-order valence-corrected chi connectivity index (χ0v) is 10.9. The maximum atomic E-state index is 5.96. The number of nitrogens with zero attached hydrogens (tertiary/aromatic N) is 2. The lowest BCUT2D eigenvalue weighted by atomic mass is 9.90. The molecule has 0 bridgehead atoms. The lowest BCUT2D eigenvalue weighted by Crippen LogP contribution is -2.47. The van der Waals surface area contributed by atoms with Gasteiger partial charge in [-0.3, -0.25) is 4.99 Å². The molecule has 1 aromatic rings. The third-order valence-corrected chi connectivity index (χ3v) is 3.73. The van der Waals surface area contributed by atoms with Crippen molar-refractivity contribution >= 4 is 5.96 Å². The molecular formula is C14H17N3O2. The third kappa shape index (κ3) is 1.73. The molecule has 100 valence electrons. The van der Waals surface area contributed by atoms with Gasteiger partial charge in [0.05, 0.1) is 12.1 Å². The van der Waals surface area contributed by atoms with Crippen LogP contribution in [0.4, 0.5) is 0 Å². The van der Waals surface area contributed by atoms with Crippen molar-refractivity contribution in [3.63, 3.8) is 0 Å². The van der Waals surface area contributed by atoms with Crippen LogP contribution in [0.1, 0.15) is 12.5 Å². The summed E-state index contributed by atoms with van der Waals surface area (Å²) in [7, 11) is 0. The quantitative estimate of drug-likeness (QED) is 0.835. The Bertz CT molecular complexity index is 556. The summed E-state index contributed by atoms with van der Waals surface area (Å²) in [5.74, 6) is 2.12. The fourth-order valence-corrected chi connectivity index (χ4v) is 2.56. The predicted octanol–water partition coefficient (Wildman–Crippen LogP) is 1.45. The molecular weight excluding hydrogens is 242 g/mol. The number of fused-ring (bicyclic) bond motifs is 1. The van der Waals surface area contributed by atoms with E-state index in [9.17, 15) is 0 Å². The first-order chi connectivity index (χ1) is 9.15. The Hall–Kier alpha value is -2.17. The van der Waals surface area contributed by atoms with E-state index < -0.39 is 0 Å². The van der Waals surface area contributed by atoms with Gasteiger partial charge in [-0.05, 0) is 24.6 Å². The molecule has 2 heterocycles. The molecule has 0 aliphatic carbocycles. The molecule has 0 saturated carbocycles. The average molecular weight is 259 g/mol. The molecule has 0 spiro atoms. The Morgan fingerprint density at radius 2 is 2.26 bits per heavy atom. The Labute approximate surface area is 112 Å². The van der Waals surface area contributed by atoms with Crippen LogP contribution in [0.25, 0.3) is 0 Å². The van der Waals surface area contributed by atoms with Crippen LogP contribution in [0.2, 0.25) is 0 Å². The van der Waals surface area contributed by atoms with Gasteiger partial charge in [0, 0.05) is 6.54 Å². The zero-order valence-electron chi connectivity index (χ0n) is 10.9. The summed E-state index contributed by atoms with van der Waals surface area (Å²) in [6.45, 7) is 7.48. The molecule has 5 heteroatoms. The summed E-state index contributed by atoms with van der Waals surface area (Å²) < 4.78 is 10.8. The first-order valence-electron chi connectivity index (χ1n) is 6.24. The third-order valence-electron chi connectivity index (χ3n) is 3.73. The number of benzene rings is 1. The highest BCUT2D eigenvalue weighted by atomic mass is 16.7. The number of nitrogens with two attached hydrogens (primary N) is 1. The number of rotatable bonds is 3. The van der Waals surface area contributed by atoms with E-state index in [4.69, 9.17) is 15.2 Å². The van der Waals surface area contributed by atoms with Gasteiger partial charge in [-0.25, -0.2) is 0 Å². The van der Waals surface area contributed by atoms with Gasteiger partial charge in [-0.15, -0.1) is 6.58 Å². The molecule has 19 heavy (non-hydrogen) atoms. The van der Waals surface area contributed by atoms with Crippen molar-refractivity contribution in [2.45, 2.75) is 12.5 Å². The number of ether oxygens (including phenoxy) is 2. The van der Waals surface area contributed by atoms with Crippen molar-refractivity contribution in [1.29, 1.82) is 0 Å². The van der Waals surface area contributed by atoms with E-state index >= 15 is 0 Å². The van der Waals surface area contributed by atoms with Crippen molar-refractivity contribution in [1.82, 2.24) is 4.90 Å². The molecule has 0 saturated heterocycles. The van der Waals surface area contributed by atoms with Gasteiger partial charge < -0.3 is 20.1 Å². The first-order valence-corrected chi connectivity index (χ1v) is 6.24. The molecule has 2 N–H and O–H groups in total. The van der Waals surface area contributed by atoms with Gasteiger partial charge in [0.1, 0.15) is 0 Å². The van der Waals surface area contributed by atoms with Crippen LogP contribution in [0, 0.1) is 0 Å². The molecule has 0 radical (unpaired) electrons. The largest absolute Gasteiger partial charge is 0.454 e. The fraction of sp³-hybridized carbons (Fsp3) is 0.357. The van der Waals surface area contributed by atoms with E-state index in [1.807, 2.05) is 24.3 Å². The minimum atomic E-state index is -0.265. The maximum Gasteiger partial charge on any atom is 0.231 e. The van der Waals surface area contributed by atoms with Crippen molar-refractivity contribution in [2.24, 2.45) is 10.7 Å². The normalized spacial score (nSPS) is 24.5. The Morgan fingerprint density at radius 3 is 3.05 bits per heavy atom. The van der Waals surface area contributed by atoms with Crippen LogP contribution in [-0.4, -0.2) is 30.7 Å². The minimum absolute atomic E-state index is 0.265. The van der Waals surface area contributed by atoms with E-state index in [-0.39, 0.29) is 12.3 Å². The number of hydrogen-bond donors (Lipinski definition) is 1. The van der Waals surface area contributed by atoms with Crippen molar-refractivity contribution in [3.8, 4) is 11.5 Å². The van der Waals surface area contributed by atoms with E-state index in [1.165, 1.54) is 0 Å². The first kappa shape index (κ1) is 11.9. The van der Waals surface area contributed by atoms with E-state index in [2.05, 4.69) is 23.4 Å². The molecule has 0 amide bonds. The van der Waals surface area contributed by atoms with Gasteiger partial charge in [-0.2, -0.15) is 0 Å². The van der Waals surface area contributed by atoms with Gasteiger partial charge in [0.25, 0.3) is 0 Å². The minimum Gasteiger partial charge on any atom is -0.454 e. The van der Waals surface area contributed by atoms with Crippen molar-refractivity contribution in [3.05, 3.63) is 36.4 Å². The summed E-state index contributed by atoms with van der Waals surface area (Å²) in [6, 6.07) is 5.98. The summed E-state index contributed by atoms with van der Waals surface area (Å²) in [6.07, 6.45) is 1.83. The van der Waals surface area contributed by atoms with Crippen LogP contribution >= 0.6 is 0 Å². The molecule has 5 nitrogen and oxygen atoms in total. The summed E-state index contributed by atoms with van der Waals surface area (Å²) in [5.41, 5.74) is 6.81. The second-order valence-corrected chi connectivity index (χ2v) is 4.92. The maximum absolute atomic E-state index is 5.96. The van der Waals surface area contributed by atoms with Gasteiger partial charge in [0.15, 0.2) is 17.5 Å². The van der Waals surface area contributed by atoms with Crippen LogP contribution in [0.3, 0.4) is 0 Å². The van der Waals surface area contributed by atoms with Crippen LogP contribution < -0.4 is 15.2 Å². The molecule has 1 aromatic carbocycles. The summed E-state index contributed by atoms with van der Waals surface area (Å²) >= 11 is 0. The molecule has 2 aliphatic heterocycles. The molecule has 1 atom stereocenters. The van der Waals surface area contributed by atoms with Crippen LogP contribution in [0.5, 0.6) is 11.5 Å². The van der Waals surface area contributed by atoms with E-state index in [1.54, 1.807) is 0 Å². The zero-order chi connectivity index (χ0) is 13.5. The highest BCUT2D eigenvalue weighted by molar-refractivity contribution is 5.81. The number of guanidine groups is 1. The smallest absolute Gasteiger partial charge is 0.231 e. The van der Waals surface area contributed by atoms with Crippen molar-refractivity contribution < 1.29 is 9.47 Å². The fourth-order valence-electron chi connectivity index (χ4n) is 2.56. The molecule has 3 rings (SSSR count). The highest BCUT2D eigenvalue weighted by Crippen LogP contribution is 2.39. The highest BCUT2D eigenvalue weighted by Gasteiger charge is 2.39. The van der Waals surface area contributed by atoms with Crippen molar-refractivity contribution in [2.75, 3.05) is 19.9 Å². The molecule has 1 unspecified atom stereocenters. The Balaban J connectivity index is 1.98. The van der Waals surface area contributed by atoms with Crippen LogP contribution in [-0.2, 0) is 5.54 Å². The Kier molecular flexibility index (Phi) is 2.62. The number of hydrogen-bond acceptors (Lipinski definition) is 5. The molecule has 0 aromatic heterocycles. The van der Waals surface area contributed by atoms with Gasteiger partial charge in [-0.1, -0.05) is 12.1 Å². The van der Waals surface area contributed by atoms with E-state index in [0.29, 0.717) is 19.0 Å². The lowest BCUT2D eigenvalue weighted by molar-refractivity contribution is 0.173. The van der Waals surface area contributed by atoms with E-state index in [0.717, 1.165) is 17.1 Å². The monoisotopic (exact) mass is 259 g/mol. The average Bonchev–Trinajstić information content (AvgIpc) is 2.98. The topological polar surface area (TPSA) is 60.1 Å². The molecule has 0 fully saturated rings. The SMILES string of the molecule is C=CCN1C(N)=NCC1(C)c1ccc2c(c1)OCO2. The predicted molar refractivity (Wildman–Crippen MR) is 73.3 cm³/mol. The van der Waals surface area contributed by atoms with Gasteiger partial charge >= 0.3 is 0 Å². The second-order valence-electron chi connectivity index (χ2n) is 4.92. The van der Waals surface area contributed by atoms with Gasteiger partial charge in [0.2, 0.25) is 6.79 Å². The number of aliphatic imine (C=N–C) groups is 1.